The first-order valence-corrected chi connectivity index (χ1v) is 12.9. The molecule has 1 atom stereocenters. The molecule has 0 amide bonds. The smallest absolute Gasteiger partial charge is 0.338 e. The van der Waals surface area contributed by atoms with Crippen LogP contribution in [-0.2, 0) is 9.53 Å². The van der Waals surface area contributed by atoms with Crippen LogP contribution < -0.4 is 14.9 Å². The highest BCUT2D eigenvalue weighted by molar-refractivity contribution is 7.98. The predicted octanol–water partition coefficient (Wildman–Crippen LogP) is 3.82. The number of aromatic nitrogens is 1. The number of nitrogens with zero attached hydrogens (tertiary/aromatic N) is 3. The molecule has 180 valence electrons. The van der Waals surface area contributed by atoms with E-state index >= 15 is 0 Å². The molecule has 0 fully saturated rings. The van der Waals surface area contributed by atoms with Gasteiger partial charge in [0.2, 0.25) is 0 Å². The monoisotopic (exact) mass is 509 g/mol. The molecule has 0 radical (unpaired) electrons. The molecule has 1 aliphatic heterocycles. The number of rotatable bonds is 6. The number of benzene rings is 2. The highest BCUT2D eigenvalue weighted by atomic mass is 32.2. The van der Waals surface area contributed by atoms with Gasteiger partial charge in [0.05, 0.1) is 32.9 Å². The van der Waals surface area contributed by atoms with Crippen molar-refractivity contribution in [2.75, 3.05) is 6.26 Å². The molecule has 1 aliphatic rings. The van der Waals surface area contributed by atoms with Gasteiger partial charge in [0.15, 0.2) is 4.80 Å². The number of carbonyl (C=O) groups is 1. The van der Waals surface area contributed by atoms with Gasteiger partial charge in [0, 0.05) is 17.0 Å². The number of hydrogen-bond donors (Lipinski definition) is 0. The Labute approximate surface area is 209 Å². The van der Waals surface area contributed by atoms with Crippen molar-refractivity contribution >= 4 is 40.8 Å². The maximum Gasteiger partial charge on any atom is 0.338 e. The Morgan fingerprint density at radius 1 is 1.20 bits per heavy atom. The number of thioether (sulfide) groups is 1. The van der Waals surface area contributed by atoms with Crippen LogP contribution in [0.15, 0.2) is 74.5 Å². The zero-order valence-corrected chi connectivity index (χ0v) is 21.2. The number of nitro benzene ring substituents is 1. The summed E-state index contributed by atoms with van der Waals surface area (Å²) in [6.07, 6.45) is 3.33. The second-order valence-electron chi connectivity index (χ2n) is 8.16. The lowest BCUT2D eigenvalue weighted by atomic mass is 9.96. The minimum atomic E-state index is -0.688. The number of carbonyl (C=O) groups excluding carboxylic acids is 1. The van der Waals surface area contributed by atoms with E-state index < -0.39 is 16.9 Å². The van der Waals surface area contributed by atoms with E-state index in [-0.39, 0.29) is 17.4 Å². The summed E-state index contributed by atoms with van der Waals surface area (Å²) in [4.78, 5) is 43.3. The van der Waals surface area contributed by atoms with Crippen LogP contribution in [0.25, 0.3) is 6.08 Å². The van der Waals surface area contributed by atoms with Crippen molar-refractivity contribution in [1.82, 2.24) is 4.57 Å². The van der Waals surface area contributed by atoms with Crippen molar-refractivity contribution in [3.05, 3.63) is 101 Å². The predicted molar refractivity (Wildman–Crippen MR) is 136 cm³/mol. The van der Waals surface area contributed by atoms with Crippen LogP contribution in [-0.4, -0.2) is 27.8 Å². The SMILES string of the molecule is CSc1ccc([C@H]2C(C(=O)OC(C)C)=C(C)N=c3s/c(=C\c4ccc([N+](=O)[O-])cc4)c(=O)n32)cc1. The molecule has 8 nitrogen and oxygen atoms in total. The van der Waals surface area contributed by atoms with Crippen molar-refractivity contribution in [3.8, 4) is 0 Å². The molecule has 0 spiro atoms. The number of esters is 1. The fourth-order valence-corrected chi connectivity index (χ4v) is 5.26. The van der Waals surface area contributed by atoms with Crippen molar-refractivity contribution < 1.29 is 14.5 Å². The molecule has 4 rings (SSSR count). The first-order chi connectivity index (χ1) is 16.7. The number of non-ortho nitro benzene ring substituents is 1. The Kier molecular flexibility index (Phi) is 7.04. The lowest BCUT2D eigenvalue weighted by Crippen LogP contribution is -2.40. The summed E-state index contributed by atoms with van der Waals surface area (Å²) in [5, 5.41) is 10.9. The summed E-state index contributed by atoms with van der Waals surface area (Å²) in [5.74, 6) is -0.509. The van der Waals surface area contributed by atoms with E-state index in [4.69, 9.17) is 4.74 Å². The summed E-state index contributed by atoms with van der Waals surface area (Å²) in [6.45, 7) is 5.29. The second kappa shape index (κ2) is 10.0. The zero-order chi connectivity index (χ0) is 25.3. The van der Waals surface area contributed by atoms with E-state index in [0.29, 0.717) is 26.2 Å². The number of ether oxygens (including phenoxy) is 1. The van der Waals surface area contributed by atoms with Crippen LogP contribution in [0, 0.1) is 10.1 Å². The normalized spacial score (nSPS) is 15.7. The van der Waals surface area contributed by atoms with Crippen LogP contribution in [0.1, 0.15) is 37.9 Å². The Morgan fingerprint density at radius 2 is 1.86 bits per heavy atom. The number of thiazole rings is 1. The van der Waals surface area contributed by atoms with Gasteiger partial charge in [-0.05, 0) is 68.5 Å². The largest absolute Gasteiger partial charge is 0.459 e. The van der Waals surface area contributed by atoms with E-state index in [2.05, 4.69) is 4.99 Å². The average Bonchev–Trinajstić information content (AvgIpc) is 3.12. The summed E-state index contributed by atoms with van der Waals surface area (Å²) < 4.78 is 7.45. The molecule has 0 saturated heterocycles. The van der Waals surface area contributed by atoms with Crippen LogP contribution in [0.4, 0.5) is 5.69 Å². The highest BCUT2D eigenvalue weighted by Crippen LogP contribution is 2.32. The van der Waals surface area contributed by atoms with Crippen molar-refractivity contribution in [3.63, 3.8) is 0 Å². The van der Waals surface area contributed by atoms with E-state index in [1.165, 1.54) is 28.0 Å². The Morgan fingerprint density at radius 3 is 2.43 bits per heavy atom. The molecule has 10 heteroatoms. The van der Waals surface area contributed by atoms with Crippen molar-refractivity contribution in [2.24, 2.45) is 4.99 Å². The quantitative estimate of drug-likeness (QED) is 0.217. The van der Waals surface area contributed by atoms with Gasteiger partial charge in [-0.1, -0.05) is 23.5 Å². The van der Waals surface area contributed by atoms with Crippen LogP contribution >= 0.6 is 23.1 Å². The van der Waals surface area contributed by atoms with Gasteiger partial charge in [-0.25, -0.2) is 9.79 Å². The molecule has 0 bridgehead atoms. The first-order valence-electron chi connectivity index (χ1n) is 10.8. The van der Waals surface area contributed by atoms with Crippen LogP contribution in [0.3, 0.4) is 0 Å². The number of allylic oxidation sites excluding steroid dienone is 1. The second-order valence-corrected chi connectivity index (χ2v) is 10.0. The molecule has 0 aliphatic carbocycles. The summed E-state index contributed by atoms with van der Waals surface area (Å²) >= 11 is 2.81. The van der Waals surface area contributed by atoms with Crippen molar-refractivity contribution in [2.45, 2.75) is 37.8 Å². The molecule has 2 heterocycles. The van der Waals surface area contributed by atoms with Crippen LogP contribution in [0.2, 0.25) is 0 Å². The van der Waals surface area contributed by atoms with E-state index in [0.717, 1.165) is 10.5 Å². The fourth-order valence-electron chi connectivity index (χ4n) is 3.81. The third kappa shape index (κ3) is 4.98. The fraction of sp³-hybridized carbons (Fsp3) is 0.240. The first kappa shape index (κ1) is 24.6. The van der Waals surface area contributed by atoms with Gasteiger partial charge in [0.1, 0.15) is 0 Å². The molecule has 3 aromatic rings. The van der Waals surface area contributed by atoms with Gasteiger partial charge in [0.25, 0.3) is 11.2 Å². The molecule has 0 unspecified atom stereocenters. The van der Waals surface area contributed by atoms with Gasteiger partial charge in [-0.15, -0.1) is 11.8 Å². The third-order valence-electron chi connectivity index (χ3n) is 5.42. The topological polar surface area (TPSA) is 104 Å². The molecule has 1 aromatic heterocycles. The Hall–Kier alpha value is -3.50. The number of hydrogen-bond acceptors (Lipinski definition) is 8. The summed E-state index contributed by atoms with van der Waals surface area (Å²) in [5.41, 5.74) is 1.92. The standard InChI is InChI=1S/C25H23N3O5S2/c1-14(2)33-24(30)21-15(3)26-25-27(22(21)17-7-11-19(34-4)12-8-17)23(29)20(35-25)13-16-5-9-18(10-6-16)28(31)32/h5-14,22H,1-4H3/b20-13-/t22-/m0/s1. The summed E-state index contributed by atoms with van der Waals surface area (Å²) in [7, 11) is 0. The van der Waals surface area contributed by atoms with Gasteiger partial charge < -0.3 is 4.74 Å². The van der Waals surface area contributed by atoms with Crippen LogP contribution in [0.5, 0.6) is 0 Å². The molecular formula is C25H23N3O5S2. The molecule has 0 N–H and O–H groups in total. The molecule has 0 saturated carbocycles. The number of nitro groups is 1. The van der Waals surface area contributed by atoms with Gasteiger partial charge in [-0.3, -0.25) is 19.5 Å². The highest BCUT2D eigenvalue weighted by Gasteiger charge is 2.33. The van der Waals surface area contributed by atoms with E-state index in [1.807, 2.05) is 30.5 Å². The van der Waals surface area contributed by atoms with Gasteiger partial charge >= 0.3 is 5.97 Å². The number of fused-ring (bicyclic) bond motifs is 1. The lowest BCUT2D eigenvalue weighted by Gasteiger charge is -2.25. The molecular weight excluding hydrogens is 486 g/mol. The lowest BCUT2D eigenvalue weighted by molar-refractivity contribution is -0.384. The Balaban J connectivity index is 1.89. The minimum absolute atomic E-state index is 0.0266. The molecule has 2 aromatic carbocycles. The average molecular weight is 510 g/mol. The maximum atomic E-state index is 13.6. The summed E-state index contributed by atoms with van der Waals surface area (Å²) in [6, 6.07) is 13.0. The molecule has 35 heavy (non-hydrogen) atoms. The zero-order valence-electron chi connectivity index (χ0n) is 19.6. The van der Waals surface area contributed by atoms with E-state index in [1.54, 1.807) is 50.7 Å². The Bertz CT molecular complexity index is 1500. The van der Waals surface area contributed by atoms with Gasteiger partial charge in [-0.2, -0.15) is 0 Å². The minimum Gasteiger partial charge on any atom is -0.459 e. The maximum absolute atomic E-state index is 13.6. The third-order valence-corrected chi connectivity index (χ3v) is 7.14. The van der Waals surface area contributed by atoms with E-state index in [9.17, 15) is 19.7 Å². The van der Waals surface area contributed by atoms with Crippen molar-refractivity contribution in [1.29, 1.82) is 0 Å².